The molecule has 0 radical (unpaired) electrons. The van der Waals surface area contributed by atoms with Crippen LogP contribution in [0.25, 0.3) is 6.08 Å². The molecule has 7 N–H and O–H groups in total. The van der Waals surface area contributed by atoms with Crippen molar-refractivity contribution in [1.82, 2.24) is 0 Å². The molecular weight excluding hydrogens is 396 g/mol. The second-order valence-electron chi connectivity index (χ2n) is 7.37. The molecule has 9 nitrogen and oxygen atoms in total. The molecule has 1 saturated heterocycles. The van der Waals surface area contributed by atoms with E-state index in [9.17, 15) is 30.6 Å². The van der Waals surface area contributed by atoms with Crippen LogP contribution in [0.2, 0.25) is 0 Å². The van der Waals surface area contributed by atoms with E-state index >= 15 is 0 Å². The van der Waals surface area contributed by atoms with Crippen LogP contribution in [0.1, 0.15) is 24.2 Å². The van der Waals surface area contributed by atoms with Crippen molar-refractivity contribution in [3.8, 4) is 23.0 Å². The molecule has 2 aliphatic heterocycles. The Bertz CT molecular complexity index is 956. The molecule has 2 aromatic rings. The average molecular weight is 419 g/mol. The van der Waals surface area contributed by atoms with E-state index in [1.807, 2.05) is 0 Å². The van der Waals surface area contributed by atoms with Gasteiger partial charge in [0.2, 0.25) is 6.29 Å². The topological polar surface area (TPSA) is 153 Å². The average Bonchev–Trinajstić information content (AvgIpc) is 2.71. The molecular formula is C21H23O9+. The minimum Gasteiger partial charge on any atom is -0.571 e. The van der Waals surface area contributed by atoms with Crippen molar-refractivity contribution < 1.29 is 44.8 Å². The molecule has 2 aromatic carbocycles. The summed E-state index contributed by atoms with van der Waals surface area (Å²) in [6.07, 6.45) is -5.58. The van der Waals surface area contributed by atoms with Gasteiger partial charge in [-0.25, -0.2) is 0 Å². The zero-order valence-corrected chi connectivity index (χ0v) is 16.0. The second kappa shape index (κ2) is 7.69. The molecule has 160 valence electrons. The van der Waals surface area contributed by atoms with Crippen molar-refractivity contribution in [2.75, 3.05) is 0 Å². The number of aliphatic hydroxyl groups is 4. The lowest BCUT2D eigenvalue weighted by atomic mass is 9.99. The van der Waals surface area contributed by atoms with E-state index < -0.39 is 36.8 Å². The Morgan fingerprint density at radius 2 is 1.60 bits per heavy atom. The monoisotopic (exact) mass is 419 g/mol. The predicted molar refractivity (Wildman–Crippen MR) is 104 cm³/mol. The first-order valence-corrected chi connectivity index (χ1v) is 9.38. The van der Waals surface area contributed by atoms with E-state index in [0.717, 1.165) is 6.07 Å². The van der Waals surface area contributed by atoms with Gasteiger partial charge in [0.1, 0.15) is 41.1 Å². The molecule has 0 saturated carbocycles. The van der Waals surface area contributed by atoms with Crippen LogP contribution in [0.4, 0.5) is 0 Å². The summed E-state index contributed by atoms with van der Waals surface area (Å²) in [5, 5.41) is 59.8. The number of rotatable bonds is 3. The zero-order valence-electron chi connectivity index (χ0n) is 16.0. The van der Waals surface area contributed by atoms with Crippen LogP contribution in [0, 0.1) is 0 Å². The lowest BCUT2D eigenvalue weighted by Gasteiger charge is -2.39. The van der Waals surface area contributed by atoms with E-state index in [1.165, 1.54) is 31.2 Å². The standard InChI is InChI=1S/C21H22O9/c1-9-17(25)18(26)19(27)21(28-9)30-16-8-13-14(24)6-12(23)7-15(13)29-20(16)10-2-4-11(22)5-3-10/h2-9,17-27H,1H3/p+1/t9-,17-,18+,19-,20?,21-/m0/s1. The maximum atomic E-state index is 10.3. The third kappa shape index (κ3) is 3.63. The Morgan fingerprint density at radius 3 is 2.30 bits per heavy atom. The SMILES string of the molecule is C[C@@H]1O[C@@H](OC2=Cc3c(O)cc(O)cc3[OH+]C2c2ccc(O)cc2)[C@@H](O)[C@H](O)[C@H]1O. The highest BCUT2D eigenvalue weighted by atomic mass is 16.7. The molecule has 0 aromatic heterocycles. The molecule has 2 aliphatic rings. The number of hydrogen-bond acceptors (Lipinski definition) is 8. The van der Waals surface area contributed by atoms with Gasteiger partial charge in [0, 0.05) is 12.1 Å². The van der Waals surface area contributed by atoms with Gasteiger partial charge in [-0.2, -0.15) is 0 Å². The highest BCUT2D eigenvalue weighted by Crippen LogP contribution is 2.45. The molecule has 1 fully saturated rings. The van der Waals surface area contributed by atoms with Gasteiger partial charge in [-0.05, 0) is 31.2 Å². The summed E-state index contributed by atoms with van der Waals surface area (Å²) in [7, 11) is 0. The molecule has 4 rings (SSSR count). The van der Waals surface area contributed by atoms with Crippen molar-refractivity contribution in [2.45, 2.75) is 43.7 Å². The number of aromatic hydroxyl groups is 4. The highest BCUT2D eigenvalue weighted by molar-refractivity contribution is 5.69. The van der Waals surface area contributed by atoms with Gasteiger partial charge in [-0.3, -0.25) is 0 Å². The fourth-order valence-electron chi connectivity index (χ4n) is 3.53. The van der Waals surface area contributed by atoms with Gasteiger partial charge < -0.3 is 44.8 Å². The fraction of sp³-hybridized carbons (Fsp3) is 0.333. The van der Waals surface area contributed by atoms with E-state index in [-0.39, 0.29) is 23.0 Å². The number of fused-ring (bicyclic) bond motifs is 1. The Balaban J connectivity index is 1.72. The minimum atomic E-state index is -1.52. The van der Waals surface area contributed by atoms with Crippen LogP contribution in [-0.2, 0) is 9.47 Å². The van der Waals surface area contributed by atoms with Crippen molar-refractivity contribution in [3.63, 3.8) is 0 Å². The largest absolute Gasteiger partial charge is 0.571 e. The van der Waals surface area contributed by atoms with Crippen LogP contribution in [-0.4, -0.2) is 66.1 Å². The molecule has 1 unspecified atom stereocenters. The third-order valence-corrected chi connectivity index (χ3v) is 5.21. The molecule has 6 atom stereocenters. The summed E-state index contributed by atoms with van der Waals surface area (Å²) in [4.78, 5) is 0. The number of phenols is 3. The summed E-state index contributed by atoms with van der Waals surface area (Å²) in [6.45, 7) is 1.54. The first-order chi connectivity index (χ1) is 14.2. The molecule has 9 heteroatoms. The molecule has 0 aliphatic carbocycles. The van der Waals surface area contributed by atoms with Gasteiger partial charge in [0.25, 0.3) is 11.9 Å². The molecule has 0 bridgehead atoms. The minimum absolute atomic E-state index is 0.0636. The Hall–Kier alpha value is -2.98. The molecule has 0 spiro atoms. The lowest BCUT2D eigenvalue weighted by molar-refractivity contribution is -0.287. The van der Waals surface area contributed by atoms with Gasteiger partial charge in [-0.15, -0.1) is 0 Å². The van der Waals surface area contributed by atoms with Crippen LogP contribution in [0.5, 0.6) is 23.0 Å². The lowest BCUT2D eigenvalue weighted by Crippen LogP contribution is -2.57. The number of aliphatic hydroxyl groups excluding tert-OH is 3. The smallest absolute Gasteiger partial charge is 0.270 e. The summed E-state index contributed by atoms with van der Waals surface area (Å²) in [5.41, 5.74) is 0.934. The summed E-state index contributed by atoms with van der Waals surface area (Å²) < 4.78 is 15.9. The predicted octanol–water partition coefficient (Wildman–Crippen LogP) is 0.985. The molecule has 0 amide bonds. The maximum Gasteiger partial charge on any atom is 0.270 e. The first kappa shape index (κ1) is 20.3. The summed E-state index contributed by atoms with van der Waals surface area (Å²) >= 11 is 0. The van der Waals surface area contributed by atoms with E-state index in [4.69, 9.17) is 9.47 Å². The van der Waals surface area contributed by atoms with E-state index in [1.54, 1.807) is 12.1 Å². The quantitative estimate of drug-likeness (QED) is 0.403. The number of benzene rings is 2. The van der Waals surface area contributed by atoms with Crippen molar-refractivity contribution in [3.05, 3.63) is 53.3 Å². The number of phenolic OH excluding ortho intramolecular Hbond substituents is 3. The Labute approximate surface area is 171 Å². The van der Waals surface area contributed by atoms with Crippen molar-refractivity contribution in [1.29, 1.82) is 0 Å². The summed E-state index contributed by atoms with van der Waals surface area (Å²) in [5.74, 6) is 0.219. The first-order valence-electron chi connectivity index (χ1n) is 9.38. The summed E-state index contributed by atoms with van der Waals surface area (Å²) in [6, 6.07) is 8.78. The number of hydrogen-bond donors (Lipinski definition) is 6. The second-order valence-corrected chi connectivity index (χ2v) is 7.37. The van der Waals surface area contributed by atoms with Crippen LogP contribution < -0.4 is 0 Å². The Morgan fingerprint density at radius 1 is 0.900 bits per heavy atom. The number of ether oxygens (including phenoxy) is 3. The van der Waals surface area contributed by atoms with Gasteiger partial charge in [0.05, 0.1) is 17.7 Å². The highest BCUT2D eigenvalue weighted by Gasteiger charge is 2.45. The molecule has 2 heterocycles. The van der Waals surface area contributed by atoms with Crippen LogP contribution in [0.15, 0.2) is 42.2 Å². The maximum absolute atomic E-state index is 10.3. The van der Waals surface area contributed by atoms with Gasteiger partial charge in [0.15, 0.2) is 5.76 Å². The van der Waals surface area contributed by atoms with Crippen LogP contribution in [0.3, 0.4) is 0 Å². The van der Waals surface area contributed by atoms with E-state index in [2.05, 4.69) is 4.74 Å². The zero-order chi connectivity index (χ0) is 21.6. The van der Waals surface area contributed by atoms with Gasteiger partial charge >= 0.3 is 0 Å². The van der Waals surface area contributed by atoms with Crippen molar-refractivity contribution in [2.24, 2.45) is 0 Å². The Kier molecular flexibility index (Phi) is 5.20. The third-order valence-electron chi connectivity index (χ3n) is 5.21. The van der Waals surface area contributed by atoms with E-state index in [0.29, 0.717) is 16.9 Å². The molecule has 30 heavy (non-hydrogen) atoms. The normalized spacial score (nSPS) is 30.7. The fourth-order valence-corrected chi connectivity index (χ4v) is 3.53. The van der Waals surface area contributed by atoms with Crippen LogP contribution >= 0.6 is 0 Å². The van der Waals surface area contributed by atoms with Gasteiger partial charge in [-0.1, -0.05) is 0 Å². The van der Waals surface area contributed by atoms with Crippen molar-refractivity contribution >= 4 is 6.08 Å².